The van der Waals surface area contributed by atoms with Crippen LogP contribution < -0.4 is 5.32 Å². The molecule has 0 bridgehead atoms. The Labute approximate surface area is 178 Å². The molecule has 4 heteroatoms. The Bertz CT molecular complexity index is 976. The minimum absolute atomic E-state index is 0.269. The summed E-state index contributed by atoms with van der Waals surface area (Å²) in [6, 6.07) is 18.5. The fraction of sp³-hybridized carbons (Fsp3) is 0.423. The van der Waals surface area contributed by atoms with Crippen LogP contribution in [0.5, 0.6) is 0 Å². The first-order valence-corrected chi connectivity index (χ1v) is 11.2. The minimum atomic E-state index is -0.700. The molecule has 1 heterocycles. The number of hydrogen-bond donors (Lipinski definition) is 3. The van der Waals surface area contributed by atoms with E-state index in [-0.39, 0.29) is 6.42 Å². The summed E-state index contributed by atoms with van der Waals surface area (Å²) in [6.45, 7) is 2.27. The average Bonchev–Trinajstić information content (AvgIpc) is 3.41. The summed E-state index contributed by atoms with van der Waals surface area (Å²) in [4.78, 5) is 14.0. The van der Waals surface area contributed by atoms with Crippen LogP contribution in [0.4, 0.5) is 0 Å². The molecule has 0 spiro atoms. The van der Waals surface area contributed by atoms with Gasteiger partial charge in [0.15, 0.2) is 0 Å². The van der Waals surface area contributed by atoms with Crippen LogP contribution in [-0.2, 0) is 11.2 Å². The van der Waals surface area contributed by atoms with Crippen LogP contribution in [0.2, 0.25) is 0 Å². The highest BCUT2D eigenvalue weighted by atomic mass is 16.4. The maximum atomic E-state index is 10.6. The monoisotopic (exact) mass is 404 g/mol. The van der Waals surface area contributed by atoms with Crippen molar-refractivity contribution in [1.29, 1.82) is 0 Å². The molecule has 0 aliphatic heterocycles. The lowest BCUT2D eigenvalue weighted by atomic mass is 9.95. The molecule has 158 valence electrons. The Morgan fingerprint density at radius 3 is 2.77 bits per heavy atom. The lowest BCUT2D eigenvalue weighted by Gasteiger charge is -2.21. The molecule has 30 heavy (non-hydrogen) atoms. The van der Waals surface area contributed by atoms with Crippen molar-refractivity contribution in [2.45, 2.75) is 69.9 Å². The molecule has 3 unspecified atom stereocenters. The molecule has 1 aliphatic carbocycles. The summed E-state index contributed by atoms with van der Waals surface area (Å²) in [5.74, 6) is -0.0781. The maximum Gasteiger partial charge on any atom is 0.303 e. The third-order valence-corrected chi connectivity index (χ3v) is 6.56. The average molecular weight is 405 g/mol. The van der Waals surface area contributed by atoms with Gasteiger partial charge in [0, 0.05) is 24.7 Å². The number of carboxylic acid groups (broad SMARTS) is 1. The molecule has 0 radical (unpaired) electrons. The van der Waals surface area contributed by atoms with Crippen LogP contribution in [-0.4, -0.2) is 22.1 Å². The van der Waals surface area contributed by atoms with E-state index in [9.17, 15) is 4.79 Å². The Morgan fingerprint density at radius 2 is 1.97 bits per heavy atom. The molecule has 1 fully saturated rings. The zero-order valence-electron chi connectivity index (χ0n) is 17.7. The molecule has 1 aromatic heterocycles. The number of aryl methyl sites for hydroxylation is 1. The fourth-order valence-electron chi connectivity index (χ4n) is 4.91. The number of para-hydroxylation sites is 1. The lowest BCUT2D eigenvalue weighted by molar-refractivity contribution is -0.137. The number of aromatic amines is 1. The van der Waals surface area contributed by atoms with Crippen molar-refractivity contribution in [2.75, 3.05) is 0 Å². The van der Waals surface area contributed by atoms with Crippen molar-refractivity contribution in [2.24, 2.45) is 0 Å². The normalized spacial score (nSPS) is 19.9. The van der Waals surface area contributed by atoms with Crippen molar-refractivity contribution in [3.63, 3.8) is 0 Å². The van der Waals surface area contributed by atoms with Gasteiger partial charge in [0.05, 0.1) is 5.52 Å². The van der Waals surface area contributed by atoms with Gasteiger partial charge < -0.3 is 15.4 Å². The SMILES string of the molecule is CC(NC1CCC(c2ccc(CCCCC(=O)O)cc2)C1)c1cccc2cc[nH]c12. The summed E-state index contributed by atoms with van der Waals surface area (Å²) in [7, 11) is 0. The second kappa shape index (κ2) is 9.48. The molecule has 0 amide bonds. The van der Waals surface area contributed by atoms with Gasteiger partial charge in [-0.25, -0.2) is 0 Å². The maximum absolute atomic E-state index is 10.6. The Balaban J connectivity index is 1.30. The smallest absolute Gasteiger partial charge is 0.303 e. The highest BCUT2D eigenvalue weighted by Gasteiger charge is 2.27. The van der Waals surface area contributed by atoms with Crippen molar-refractivity contribution in [1.82, 2.24) is 10.3 Å². The van der Waals surface area contributed by atoms with E-state index < -0.39 is 5.97 Å². The number of fused-ring (bicyclic) bond motifs is 1. The predicted octanol–water partition coefficient (Wildman–Crippen LogP) is 5.95. The Hall–Kier alpha value is -2.59. The van der Waals surface area contributed by atoms with E-state index in [0.29, 0.717) is 18.0 Å². The molecule has 1 aliphatic rings. The molecule has 3 aromatic rings. The Morgan fingerprint density at radius 1 is 1.13 bits per heavy atom. The van der Waals surface area contributed by atoms with Gasteiger partial charge in [-0.3, -0.25) is 4.79 Å². The minimum Gasteiger partial charge on any atom is -0.481 e. The zero-order chi connectivity index (χ0) is 20.9. The van der Waals surface area contributed by atoms with E-state index in [1.54, 1.807) is 0 Å². The molecule has 4 rings (SSSR count). The zero-order valence-corrected chi connectivity index (χ0v) is 17.7. The van der Waals surface area contributed by atoms with Gasteiger partial charge in [0.25, 0.3) is 0 Å². The largest absolute Gasteiger partial charge is 0.481 e. The molecular weight excluding hydrogens is 372 g/mol. The first kappa shape index (κ1) is 20.7. The number of rotatable bonds is 9. The van der Waals surface area contributed by atoms with E-state index in [1.165, 1.54) is 46.9 Å². The van der Waals surface area contributed by atoms with Gasteiger partial charge in [0.1, 0.15) is 0 Å². The van der Waals surface area contributed by atoms with Crippen molar-refractivity contribution in [3.8, 4) is 0 Å². The van der Waals surface area contributed by atoms with Gasteiger partial charge in [-0.05, 0) is 79.5 Å². The molecule has 4 nitrogen and oxygen atoms in total. The van der Waals surface area contributed by atoms with E-state index >= 15 is 0 Å². The van der Waals surface area contributed by atoms with Crippen LogP contribution in [0.25, 0.3) is 10.9 Å². The van der Waals surface area contributed by atoms with Crippen molar-refractivity contribution in [3.05, 3.63) is 71.4 Å². The fourth-order valence-corrected chi connectivity index (χ4v) is 4.91. The van der Waals surface area contributed by atoms with Gasteiger partial charge in [-0.15, -0.1) is 0 Å². The number of aliphatic carboxylic acids is 1. The summed E-state index contributed by atoms with van der Waals surface area (Å²) < 4.78 is 0. The summed E-state index contributed by atoms with van der Waals surface area (Å²) in [5, 5.41) is 13.9. The summed E-state index contributed by atoms with van der Waals surface area (Å²) >= 11 is 0. The number of hydrogen-bond acceptors (Lipinski definition) is 2. The van der Waals surface area contributed by atoms with Gasteiger partial charge in [-0.2, -0.15) is 0 Å². The van der Waals surface area contributed by atoms with E-state index in [2.05, 4.69) is 65.8 Å². The number of carbonyl (C=O) groups is 1. The van der Waals surface area contributed by atoms with Crippen LogP contribution in [0, 0.1) is 0 Å². The quantitative estimate of drug-likeness (QED) is 0.386. The van der Waals surface area contributed by atoms with Gasteiger partial charge in [-0.1, -0.05) is 42.5 Å². The molecule has 3 N–H and O–H groups in total. The van der Waals surface area contributed by atoms with E-state index in [1.807, 2.05) is 6.20 Å². The number of carboxylic acids is 1. The first-order valence-electron chi connectivity index (χ1n) is 11.2. The number of benzene rings is 2. The van der Waals surface area contributed by atoms with E-state index in [4.69, 9.17) is 5.11 Å². The predicted molar refractivity (Wildman–Crippen MR) is 122 cm³/mol. The van der Waals surface area contributed by atoms with Crippen molar-refractivity contribution < 1.29 is 9.90 Å². The molecular formula is C26H32N2O2. The molecule has 0 saturated heterocycles. The number of H-pyrrole nitrogens is 1. The molecule has 1 saturated carbocycles. The second-order valence-electron chi connectivity index (χ2n) is 8.73. The molecule has 2 aromatic carbocycles. The number of unbranched alkanes of at least 4 members (excludes halogenated alkanes) is 1. The lowest BCUT2D eigenvalue weighted by Crippen LogP contribution is -2.29. The Kier molecular flexibility index (Phi) is 6.53. The first-order chi connectivity index (χ1) is 14.6. The molecule has 3 atom stereocenters. The van der Waals surface area contributed by atoms with Crippen molar-refractivity contribution >= 4 is 16.9 Å². The van der Waals surface area contributed by atoms with Crippen LogP contribution in [0.1, 0.15) is 74.1 Å². The summed E-state index contributed by atoms with van der Waals surface area (Å²) in [5.41, 5.74) is 5.33. The van der Waals surface area contributed by atoms with Gasteiger partial charge >= 0.3 is 5.97 Å². The number of aromatic nitrogens is 1. The highest BCUT2D eigenvalue weighted by Crippen LogP contribution is 2.36. The number of nitrogens with one attached hydrogen (secondary N) is 2. The highest BCUT2D eigenvalue weighted by molar-refractivity contribution is 5.82. The third kappa shape index (κ3) is 4.93. The topological polar surface area (TPSA) is 65.1 Å². The van der Waals surface area contributed by atoms with E-state index in [0.717, 1.165) is 19.3 Å². The standard InChI is InChI=1S/C26H32N2O2/c1-18(24-7-4-6-21-15-16-27-26(21)24)28-23-14-13-22(17-23)20-11-9-19(10-12-20)5-2-3-8-25(29)30/h4,6-7,9-12,15-16,18,22-23,27-28H,2-3,5,8,13-14,17H2,1H3,(H,29,30). The summed E-state index contributed by atoms with van der Waals surface area (Å²) in [6.07, 6.45) is 8.57. The van der Waals surface area contributed by atoms with Crippen LogP contribution in [0.3, 0.4) is 0 Å². The van der Waals surface area contributed by atoms with Gasteiger partial charge in [0.2, 0.25) is 0 Å². The third-order valence-electron chi connectivity index (χ3n) is 6.56. The second-order valence-corrected chi connectivity index (χ2v) is 8.73. The van der Waals surface area contributed by atoms with Crippen LogP contribution in [0.15, 0.2) is 54.7 Å². The van der Waals surface area contributed by atoms with Crippen LogP contribution >= 0.6 is 0 Å².